The first-order valence-corrected chi connectivity index (χ1v) is 6.60. The predicted molar refractivity (Wildman–Crippen MR) is 61.4 cm³/mol. The lowest BCUT2D eigenvalue weighted by molar-refractivity contribution is 0.0929. The van der Waals surface area contributed by atoms with Crippen molar-refractivity contribution in [1.82, 2.24) is 15.5 Å². The first kappa shape index (κ1) is 11.1. The third-order valence-electron chi connectivity index (χ3n) is 2.57. The molecule has 2 rings (SSSR count). The van der Waals surface area contributed by atoms with Crippen LogP contribution in [0.3, 0.4) is 0 Å². The van der Waals surface area contributed by atoms with Crippen molar-refractivity contribution >= 4 is 22.5 Å². The monoisotopic (exact) mass is 242 g/mol. The molecule has 4 N–H and O–H groups in total. The lowest BCUT2D eigenvalue weighted by Gasteiger charge is -2.22. The molecule has 0 bridgehead atoms. The highest BCUT2D eigenvalue weighted by Gasteiger charge is 2.20. The summed E-state index contributed by atoms with van der Waals surface area (Å²) < 4.78 is 11.1. The average Bonchev–Trinajstić information content (AvgIpc) is 2.68. The molecule has 1 saturated heterocycles. The quantitative estimate of drug-likeness (QED) is 0.658. The van der Waals surface area contributed by atoms with Crippen LogP contribution in [0.5, 0.6) is 0 Å². The smallest absolute Gasteiger partial charge is 0.269 e. The number of carbonyl (C=O) groups is 1. The number of amides is 1. The van der Waals surface area contributed by atoms with Crippen LogP contribution in [-0.2, 0) is 10.8 Å². The van der Waals surface area contributed by atoms with Gasteiger partial charge in [0.05, 0.1) is 0 Å². The van der Waals surface area contributed by atoms with Crippen molar-refractivity contribution in [2.75, 3.05) is 17.2 Å². The number of nitrogen functional groups attached to an aromatic ring is 1. The van der Waals surface area contributed by atoms with Gasteiger partial charge in [0.15, 0.2) is 0 Å². The first-order chi connectivity index (χ1) is 7.65. The number of rotatable bonds is 2. The minimum absolute atomic E-state index is 0.106. The molecule has 0 radical (unpaired) electrons. The number of anilines is 1. The van der Waals surface area contributed by atoms with E-state index in [0.29, 0.717) is 23.0 Å². The van der Waals surface area contributed by atoms with Crippen LogP contribution in [0.25, 0.3) is 0 Å². The van der Waals surface area contributed by atoms with E-state index in [1.165, 1.54) is 6.07 Å². The van der Waals surface area contributed by atoms with E-state index in [9.17, 15) is 9.00 Å². The number of hydrogen-bond donors (Lipinski definition) is 3. The van der Waals surface area contributed by atoms with E-state index in [-0.39, 0.29) is 11.9 Å². The Bertz CT molecular complexity index is 407. The Morgan fingerprint density at radius 1 is 1.56 bits per heavy atom. The predicted octanol–water partition coefficient (Wildman–Crippen LogP) is -0.367. The van der Waals surface area contributed by atoms with Crippen LogP contribution >= 0.6 is 0 Å². The van der Waals surface area contributed by atoms with Crippen molar-refractivity contribution in [1.29, 1.82) is 0 Å². The zero-order valence-electron chi connectivity index (χ0n) is 8.73. The zero-order chi connectivity index (χ0) is 11.5. The van der Waals surface area contributed by atoms with Crippen LogP contribution in [0.2, 0.25) is 0 Å². The molecule has 0 aliphatic carbocycles. The molecule has 1 amide bonds. The van der Waals surface area contributed by atoms with E-state index in [1.54, 1.807) is 0 Å². The SMILES string of the molecule is Nc1cc(C(=O)NC2CCS(=O)CC2)[nH]n1. The van der Waals surface area contributed by atoms with Gasteiger partial charge >= 0.3 is 0 Å². The Labute approximate surface area is 95.4 Å². The van der Waals surface area contributed by atoms with Crippen molar-refractivity contribution in [3.8, 4) is 0 Å². The Hall–Kier alpha value is -1.37. The number of carbonyl (C=O) groups excluding carboxylic acids is 1. The molecule has 16 heavy (non-hydrogen) atoms. The van der Waals surface area contributed by atoms with E-state index < -0.39 is 10.8 Å². The molecule has 1 aromatic rings. The molecule has 0 atom stereocenters. The van der Waals surface area contributed by atoms with Gasteiger partial charge in [-0.25, -0.2) is 0 Å². The number of nitrogens with two attached hydrogens (primary N) is 1. The van der Waals surface area contributed by atoms with Crippen LogP contribution in [-0.4, -0.2) is 37.9 Å². The summed E-state index contributed by atoms with van der Waals surface area (Å²) >= 11 is 0. The van der Waals surface area contributed by atoms with E-state index in [1.807, 2.05) is 0 Å². The Morgan fingerprint density at radius 2 is 2.25 bits per heavy atom. The van der Waals surface area contributed by atoms with Crippen molar-refractivity contribution in [3.63, 3.8) is 0 Å². The summed E-state index contributed by atoms with van der Waals surface area (Å²) in [7, 11) is -0.708. The minimum atomic E-state index is -0.708. The summed E-state index contributed by atoms with van der Waals surface area (Å²) in [5.74, 6) is 1.42. The second kappa shape index (κ2) is 4.65. The van der Waals surface area contributed by atoms with E-state index in [2.05, 4.69) is 15.5 Å². The average molecular weight is 242 g/mol. The highest BCUT2D eigenvalue weighted by atomic mass is 32.2. The number of nitrogens with zero attached hydrogens (tertiary/aromatic N) is 1. The van der Waals surface area contributed by atoms with Gasteiger partial charge in [-0.3, -0.25) is 14.1 Å². The van der Waals surface area contributed by atoms with Crippen molar-refractivity contribution in [3.05, 3.63) is 11.8 Å². The third kappa shape index (κ3) is 2.60. The molecule has 1 aromatic heterocycles. The summed E-state index contributed by atoms with van der Waals surface area (Å²) in [5, 5.41) is 9.11. The van der Waals surface area contributed by atoms with Gasteiger partial charge < -0.3 is 11.1 Å². The molecule has 1 aliphatic heterocycles. The summed E-state index contributed by atoms with van der Waals surface area (Å²) in [6.45, 7) is 0. The number of nitrogens with one attached hydrogen (secondary N) is 2. The molecule has 1 aliphatic rings. The number of hydrogen-bond acceptors (Lipinski definition) is 4. The van der Waals surface area contributed by atoms with Gasteiger partial charge in [-0.15, -0.1) is 0 Å². The number of aromatic amines is 1. The van der Waals surface area contributed by atoms with E-state index in [0.717, 1.165) is 12.8 Å². The topological polar surface area (TPSA) is 101 Å². The molecule has 6 nitrogen and oxygen atoms in total. The minimum Gasteiger partial charge on any atom is -0.382 e. The molecule has 0 spiro atoms. The number of aromatic nitrogens is 2. The lowest BCUT2D eigenvalue weighted by Crippen LogP contribution is -2.39. The van der Waals surface area contributed by atoms with E-state index >= 15 is 0 Å². The largest absolute Gasteiger partial charge is 0.382 e. The maximum atomic E-state index is 11.7. The van der Waals surface area contributed by atoms with Gasteiger partial charge in [0, 0.05) is 34.4 Å². The van der Waals surface area contributed by atoms with Gasteiger partial charge in [-0.2, -0.15) is 5.10 Å². The normalized spacial score (nSPS) is 25.2. The highest BCUT2D eigenvalue weighted by molar-refractivity contribution is 7.85. The molecule has 2 heterocycles. The van der Waals surface area contributed by atoms with Crippen molar-refractivity contribution in [2.24, 2.45) is 0 Å². The number of H-pyrrole nitrogens is 1. The van der Waals surface area contributed by atoms with Crippen LogP contribution < -0.4 is 11.1 Å². The Morgan fingerprint density at radius 3 is 2.81 bits per heavy atom. The summed E-state index contributed by atoms with van der Waals surface area (Å²) in [6.07, 6.45) is 1.53. The molecular formula is C9H14N4O2S. The molecule has 7 heteroatoms. The fourth-order valence-electron chi connectivity index (χ4n) is 1.65. The lowest BCUT2D eigenvalue weighted by atomic mass is 10.1. The third-order valence-corrected chi connectivity index (χ3v) is 3.95. The Balaban J connectivity index is 1.90. The standard InChI is InChI=1S/C9H14N4O2S/c10-8-5-7(12-13-8)9(14)11-6-1-3-16(15)4-2-6/h5-6H,1-4H2,(H,11,14)(H3,10,12,13). The second-order valence-electron chi connectivity index (χ2n) is 3.80. The molecular weight excluding hydrogens is 228 g/mol. The fraction of sp³-hybridized carbons (Fsp3) is 0.556. The summed E-state index contributed by atoms with van der Waals surface area (Å²) in [4.78, 5) is 11.7. The van der Waals surface area contributed by atoms with Crippen LogP contribution in [0.1, 0.15) is 23.3 Å². The molecule has 1 fully saturated rings. The van der Waals surface area contributed by atoms with Gasteiger partial charge in [-0.05, 0) is 12.8 Å². The summed E-state index contributed by atoms with van der Waals surface area (Å²) in [6, 6.07) is 1.60. The maximum absolute atomic E-state index is 11.7. The van der Waals surface area contributed by atoms with Gasteiger partial charge in [0.1, 0.15) is 11.5 Å². The first-order valence-electron chi connectivity index (χ1n) is 5.12. The molecule has 88 valence electrons. The maximum Gasteiger partial charge on any atom is 0.269 e. The molecule has 0 saturated carbocycles. The van der Waals surface area contributed by atoms with Gasteiger partial charge in [0.2, 0.25) is 0 Å². The molecule has 0 aromatic carbocycles. The van der Waals surface area contributed by atoms with Crippen LogP contribution in [0.15, 0.2) is 6.07 Å². The summed E-state index contributed by atoms with van der Waals surface area (Å²) in [5.41, 5.74) is 5.77. The van der Waals surface area contributed by atoms with Crippen LogP contribution in [0, 0.1) is 0 Å². The van der Waals surface area contributed by atoms with Crippen molar-refractivity contribution < 1.29 is 9.00 Å². The molecule has 0 unspecified atom stereocenters. The van der Waals surface area contributed by atoms with Gasteiger partial charge in [-0.1, -0.05) is 0 Å². The second-order valence-corrected chi connectivity index (χ2v) is 5.50. The zero-order valence-corrected chi connectivity index (χ0v) is 9.55. The van der Waals surface area contributed by atoms with Crippen molar-refractivity contribution in [2.45, 2.75) is 18.9 Å². The van der Waals surface area contributed by atoms with Crippen LogP contribution in [0.4, 0.5) is 5.82 Å². The highest BCUT2D eigenvalue weighted by Crippen LogP contribution is 2.10. The van der Waals surface area contributed by atoms with E-state index in [4.69, 9.17) is 5.73 Å². The van der Waals surface area contributed by atoms with Gasteiger partial charge in [0.25, 0.3) is 5.91 Å². The Kier molecular flexibility index (Phi) is 3.23. The fourth-order valence-corrected chi connectivity index (χ4v) is 2.95.